The Morgan fingerprint density at radius 3 is 2.12 bits per heavy atom. The van der Waals surface area contributed by atoms with Crippen molar-refractivity contribution in [1.29, 1.82) is 0 Å². The van der Waals surface area contributed by atoms with Gasteiger partial charge in [0, 0.05) is 12.1 Å². The number of methoxy groups -OCH3 is 2. The van der Waals surface area contributed by atoms with Crippen LogP contribution in [0.5, 0.6) is 11.8 Å². The number of rotatable bonds is 5. The molecule has 0 radical (unpaired) electrons. The van der Waals surface area contributed by atoms with Crippen LogP contribution in [0, 0.1) is 0 Å². The maximum atomic E-state index is 5.84. The van der Waals surface area contributed by atoms with Crippen molar-refractivity contribution in [3.05, 3.63) is 6.07 Å². The topological polar surface area (TPSA) is 82.3 Å². The highest BCUT2D eigenvalue weighted by atomic mass is 16.5. The molecule has 1 aromatic rings. The van der Waals surface area contributed by atoms with Gasteiger partial charge in [0.2, 0.25) is 17.7 Å². The number of hydrogen-bond acceptors (Lipinski definition) is 6. The summed E-state index contributed by atoms with van der Waals surface area (Å²) in [6, 6.07) is 1.61. The van der Waals surface area contributed by atoms with Gasteiger partial charge in [0.05, 0.1) is 20.3 Å². The van der Waals surface area contributed by atoms with E-state index in [0.29, 0.717) is 24.3 Å². The quantitative estimate of drug-likeness (QED) is 0.766. The highest BCUT2D eigenvalue weighted by Crippen LogP contribution is 2.17. The van der Waals surface area contributed by atoms with Gasteiger partial charge in [-0.25, -0.2) is 0 Å². The third kappa shape index (κ3) is 3.90. The first kappa shape index (κ1) is 12.5. The van der Waals surface area contributed by atoms with Crippen LogP contribution in [0.25, 0.3) is 0 Å². The number of nitrogens with two attached hydrogens (primary N) is 1. The van der Waals surface area contributed by atoms with Crippen molar-refractivity contribution in [2.24, 2.45) is 5.73 Å². The van der Waals surface area contributed by atoms with E-state index in [1.54, 1.807) is 20.3 Å². The third-order valence-corrected chi connectivity index (χ3v) is 1.80. The molecule has 1 rings (SSSR count). The molecule has 0 spiro atoms. The summed E-state index contributed by atoms with van der Waals surface area (Å²) in [4.78, 5) is 8.25. The first-order chi connectivity index (χ1) is 7.44. The molecule has 0 amide bonds. The third-order valence-electron chi connectivity index (χ3n) is 1.80. The minimum atomic E-state index is -0.334. The molecule has 3 N–H and O–H groups in total. The molecule has 0 aliphatic rings. The highest BCUT2D eigenvalue weighted by Gasteiger charge is 2.12. The zero-order valence-corrected chi connectivity index (χ0v) is 10.1. The zero-order valence-electron chi connectivity index (χ0n) is 10.1. The summed E-state index contributed by atoms with van der Waals surface area (Å²) in [6.07, 6.45) is 0. The van der Waals surface area contributed by atoms with E-state index in [9.17, 15) is 0 Å². The summed E-state index contributed by atoms with van der Waals surface area (Å²) in [6.45, 7) is 4.39. The van der Waals surface area contributed by atoms with Gasteiger partial charge in [0.15, 0.2) is 0 Å². The molecule has 0 aliphatic heterocycles. The molecule has 0 saturated carbocycles. The molecule has 1 heterocycles. The largest absolute Gasteiger partial charge is 0.481 e. The lowest BCUT2D eigenvalue weighted by molar-refractivity contribution is 0.372. The van der Waals surface area contributed by atoms with E-state index >= 15 is 0 Å². The smallest absolute Gasteiger partial charge is 0.229 e. The van der Waals surface area contributed by atoms with Crippen molar-refractivity contribution in [2.45, 2.75) is 19.4 Å². The van der Waals surface area contributed by atoms with Gasteiger partial charge in [-0.1, -0.05) is 0 Å². The molecule has 0 aromatic carbocycles. The predicted molar refractivity (Wildman–Crippen MR) is 61.9 cm³/mol. The molecule has 0 fully saturated rings. The predicted octanol–water partition coefficient (Wildman–Crippen LogP) is 0.643. The van der Waals surface area contributed by atoms with Crippen molar-refractivity contribution < 1.29 is 9.47 Å². The Bertz CT molecular complexity index is 327. The number of hydrogen-bond donors (Lipinski definition) is 2. The van der Waals surface area contributed by atoms with Gasteiger partial charge in [-0.2, -0.15) is 9.97 Å². The fourth-order valence-corrected chi connectivity index (χ4v) is 0.999. The van der Waals surface area contributed by atoms with E-state index in [1.165, 1.54) is 0 Å². The number of anilines is 1. The molecular formula is C10H18N4O2. The second-order valence-electron chi connectivity index (χ2n) is 4.12. The zero-order chi connectivity index (χ0) is 12.2. The lowest BCUT2D eigenvalue weighted by atomic mass is 10.1. The van der Waals surface area contributed by atoms with Crippen LogP contribution in [0.1, 0.15) is 13.8 Å². The Kier molecular flexibility index (Phi) is 3.89. The SMILES string of the molecule is COc1cc(OC)nc(NCC(C)(C)N)n1. The maximum Gasteiger partial charge on any atom is 0.229 e. The summed E-state index contributed by atoms with van der Waals surface area (Å²) >= 11 is 0. The van der Waals surface area contributed by atoms with Crippen LogP contribution in [-0.2, 0) is 0 Å². The number of aromatic nitrogens is 2. The molecule has 0 bridgehead atoms. The fourth-order valence-electron chi connectivity index (χ4n) is 0.999. The highest BCUT2D eigenvalue weighted by molar-refractivity contribution is 5.33. The second-order valence-corrected chi connectivity index (χ2v) is 4.12. The second kappa shape index (κ2) is 4.98. The molecule has 0 unspecified atom stereocenters. The number of ether oxygens (including phenoxy) is 2. The van der Waals surface area contributed by atoms with E-state index in [0.717, 1.165) is 0 Å². The van der Waals surface area contributed by atoms with Crippen molar-refractivity contribution in [1.82, 2.24) is 9.97 Å². The molecule has 0 atom stereocenters. The van der Waals surface area contributed by atoms with Crippen LogP contribution < -0.4 is 20.5 Å². The van der Waals surface area contributed by atoms with Crippen LogP contribution in [0.4, 0.5) is 5.95 Å². The molecular weight excluding hydrogens is 208 g/mol. The van der Waals surface area contributed by atoms with E-state index in [2.05, 4.69) is 15.3 Å². The maximum absolute atomic E-state index is 5.84. The first-order valence-electron chi connectivity index (χ1n) is 4.94. The summed E-state index contributed by atoms with van der Waals surface area (Å²) in [5.41, 5.74) is 5.51. The Labute approximate surface area is 95.2 Å². The van der Waals surface area contributed by atoms with Crippen LogP contribution in [0.2, 0.25) is 0 Å². The molecule has 90 valence electrons. The van der Waals surface area contributed by atoms with Crippen molar-refractivity contribution in [3.8, 4) is 11.8 Å². The minimum absolute atomic E-state index is 0.334. The van der Waals surface area contributed by atoms with E-state index in [1.807, 2.05) is 13.8 Å². The van der Waals surface area contributed by atoms with Crippen molar-refractivity contribution in [2.75, 3.05) is 26.1 Å². The molecule has 6 nitrogen and oxygen atoms in total. The van der Waals surface area contributed by atoms with E-state index in [4.69, 9.17) is 15.2 Å². The fraction of sp³-hybridized carbons (Fsp3) is 0.600. The molecule has 6 heteroatoms. The number of nitrogens with zero attached hydrogens (tertiary/aromatic N) is 2. The van der Waals surface area contributed by atoms with E-state index in [-0.39, 0.29) is 5.54 Å². The number of nitrogens with one attached hydrogen (secondary N) is 1. The lowest BCUT2D eigenvalue weighted by Gasteiger charge is -2.19. The van der Waals surface area contributed by atoms with Gasteiger partial charge in [-0.05, 0) is 13.8 Å². The molecule has 0 aliphatic carbocycles. The van der Waals surface area contributed by atoms with Gasteiger partial charge < -0.3 is 20.5 Å². The van der Waals surface area contributed by atoms with Gasteiger partial charge >= 0.3 is 0 Å². The van der Waals surface area contributed by atoms with Crippen molar-refractivity contribution >= 4 is 5.95 Å². The van der Waals surface area contributed by atoms with E-state index < -0.39 is 0 Å². The van der Waals surface area contributed by atoms with Crippen LogP contribution in [0.3, 0.4) is 0 Å². The molecule has 0 saturated heterocycles. The first-order valence-corrected chi connectivity index (χ1v) is 4.94. The van der Waals surface area contributed by atoms with Gasteiger partial charge in [0.25, 0.3) is 0 Å². The summed E-state index contributed by atoms with van der Waals surface area (Å²) in [5, 5.41) is 3.03. The van der Waals surface area contributed by atoms with Gasteiger partial charge in [-0.3, -0.25) is 0 Å². The van der Waals surface area contributed by atoms with Gasteiger partial charge in [-0.15, -0.1) is 0 Å². The Morgan fingerprint density at radius 1 is 1.25 bits per heavy atom. The normalized spacial score (nSPS) is 11.1. The summed E-state index contributed by atoms with van der Waals surface area (Å²) in [7, 11) is 3.08. The summed E-state index contributed by atoms with van der Waals surface area (Å²) in [5.74, 6) is 1.34. The molecule has 16 heavy (non-hydrogen) atoms. The van der Waals surface area contributed by atoms with Crippen LogP contribution in [0.15, 0.2) is 6.07 Å². The monoisotopic (exact) mass is 226 g/mol. The van der Waals surface area contributed by atoms with Crippen molar-refractivity contribution in [3.63, 3.8) is 0 Å². The average Bonchev–Trinajstić information content (AvgIpc) is 2.25. The average molecular weight is 226 g/mol. The minimum Gasteiger partial charge on any atom is -0.481 e. The lowest BCUT2D eigenvalue weighted by Crippen LogP contribution is -2.39. The Hall–Kier alpha value is -1.56. The Morgan fingerprint density at radius 2 is 1.75 bits per heavy atom. The van der Waals surface area contributed by atoms with Gasteiger partial charge in [0.1, 0.15) is 0 Å². The molecule has 1 aromatic heterocycles. The van der Waals surface area contributed by atoms with Crippen LogP contribution >= 0.6 is 0 Å². The standard InChI is InChI=1S/C10H18N4O2/c1-10(2,11)6-12-9-13-7(15-3)5-8(14-9)16-4/h5H,6,11H2,1-4H3,(H,12,13,14). The Balaban J connectivity index is 2.79. The van der Waals surface area contributed by atoms with Crippen LogP contribution in [-0.4, -0.2) is 36.3 Å². The summed E-state index contributed by atoms with van der Waals surface area (Å²) < 4.78 is 10.1.